The van der Waals surface area contributed by atoms with Crippen molar-refractivity contribution in [1.29, 1.82) is 5.26 Å². The molecule has 1 aliphatic heterocycles. The van der Waals surface area contributed by atoms with E-state index in [4.69, 9.17) is 10.00 Å². The summed E-state index contributed by atoms with van der Waals surface area (Å²) in [7, 11) is 0. The van der Waals surface area contributed by atoms with Gasteiger partial charge in [0.05, 0.1) is 22.9 Å². The van der Waals surface area contributed by atoms with Gasteiger partial charge in [-0.2, -0.15) is 14.0 Å². The lowest BCUT2D eigenvalue weighted by molar-refractivity contribution is 0.0737. The lowest BCUT2D eigenvalue weighted by Crippen LogP contribution is -2.31. The van der Waals surface area contributed by atoms with Crippen LogP contribution in [0.1, 0.15) is 49.8 Å². The number of pyridine rings is 1. The molecule has 0 N–H and O–H groups in total. The fraction of sp³-hybridized carbons (Fsp3) is 0.375. The van der Waals surface area contributed by atoms with Crippen molar-refractivity contribution in [3.8, 4) is 23.2 Å². The van der Waals surface area contributed by atoms with E-state index in [-0.39, 0.29) is 17.3 Å². The van der Waals surface area contributed by atoms with Crippen LogP contribution in [0.2, 0.25) is 0 Å². The molecule has 0 radical (unpaired) electrons. The van der Waals surface area contributed by atoms with E-state index >= 15 is 0 Å². The molecule has 0 bridgehead atoms. The Labute approximate surface area is 200 Å². The van der Waals surface area contributed by atoms with Crippen LogP contribution in [0.5, 0.6) is 5.75 Å². The van der Waals surface area contributed by atoms with Crippen molar-refractivity contribution in [2.24, 2.45) is 0 Å². The van der Waals surface area contributed by atoms with E-state index in [1.807, 2.05) is 30.7 Å². The summed E-state index contributed by atoms with van der Waals surface area (Å²) >= 11 is 0. The van der Waals surface area contributed by atoms with Crippen LogP contribution in [0.4, 0.5) is 8.78 Å². The first-order valence-corrected chi connectivity index (χ1v) is 11.4. The molecule has 1 aromatic carbocycles. The van der Waals surface area contributed by atoms with Crippen LogP contribution in [0, 0.1) is 18.4 Å². The largest absolute Gasteiger partial charge is 0.482 e. The summed E-state index contributed by atoms with van der Waals surface area (Å²) in [6, 6.07) is 9.05. The van der Waals surface area contributed by atoms with Gasteiger partial charge in [0.25, 0.3) is 0 Å². The molecule has 0 aliphatic carbocycles. The lowest BCUT2D eigenvalue weighted by atomic mass is 10.0. The number of imidazole rings is 1. The second-order valence-corrected chi connectivity index (χ2v) is 8.57. The molecule has 9 nitrogen and oxygen atoms in total. The number of likely N-dealkylation sites (tertiary alicyclic amines) is 1. The Kier molecular flexibility index (Phi) is 6.03. The molecular formula is C24H24F2N8O. The Balaban J connectivity index is 1.53. The number of hydrogen-bond acceptors (Lipinski definition) is 7. The maximum Gasteiger partial charge on any atom is 0.320 e. The van der Waals surface area contributed by atoms with Crippen LogP contribution in [-0.2, 0) is 0 Å². The van der Waals surface area contributed by atoms with Crippen molar-refractivity contribution in [1.82, 2.24) is 34.4 Å². The van der Waals surface area contributed by atoms with E-state index < -0.39 is 12.7 Å². The number of nitriles is 1. The highest BCUT2D eigenvalue weighted by Crippen LogP contribution is 2.37. The number of piperidine rings is 1. The van der Waals surface area contributed by atoms with Gasteiger partial charge in [0.2, 0.25) is 0 Å². The Morgan fingerprint density at radius 1 is 1.17 bits per heavy atom. The predicted octanol–water partition coefficient (Wildman–Crippen LogP) is 4.65. The third-order valence-corrected chi connectivity index (χ3v) is 6.41. The highest BCUT2D eigenvalue weighted by atomic mass is 19.3. The fourth-order valence-corrected chi connectivity index (χ4v) is 4.54. The Bertz CT molecular complexity index is 1370. The quantitative estimate of drug-likeness (QED) is 0.372. The lowest BCUT2D eigenvalue weighted by Gasteiger charge is -2.28. The SMILES string of the molecule is Cc1c(-c2cc(OC(C)c3ccccn3)c3c(c2)ncn3C(F)F)nnn1C1CCN(C#N)CC1. The van der Waals surface area contributed by atoms with Gasteiger partial charge >= 0.3 is 6.55 Å². The standard InChI is InChI=1S/C24H24F2N8O/c1-15-22(30-31-34(15)18-6-9-32(13-27)10-7-18)17-11-20-23(33(14-29-20)24(25)26)21(12-17)35-16(2)19-5-3-4-8-28-19/h3-5,8,11-12,14,16,18,24H,6-7,9-10H2,1-2H3. The minimum Gasteiger partial charge on any atom is -0.482 e. The number of ether oxygens (including phenoxy) is 1. The van der Waals surface area contributed by atoms with Gasteiger partial charge < -0.3 is 9.64 Å². The van der Waals surface area contributed by atoms with Crippen LogP contribution < -0.4 is 4.74 Å². The number of halogens is 2. The third kappa shape index (κ3) is 4.27. The molecule has 0 amide bonds. The van der Waals surface area contributed by atoms with E-state index in [0.717, 1.165) is 29.4 Å². The molecule has 1 aliphatic rings. The van der Waals surface area contributed by atoms with Crippen molar-refractivity contribution in [2.45, 2.75) is 45.4 Å². The molecule has 11 heteroatoms. The summed E-state index contributed by atoms with van der Waals surface area (Å²) < 4.78 is 36.3. The van der Waals surface area contributed by atoms with Gasteiger partial charge in [-0.3, -0.25) is 9.55 Å². The number of aromatic nitrogens is 6. The fourth-order valence-electron chi connectivity index (χ4n) is 4.54. The van der Waals surface area contributed by atoms with E-state index in [9.17, 15) is 8.78 Å². The highest BCUT2D eigenvalue weighted by Gasteiger charge is 2.25. The number of nitrogens with zero attached hydrogens (tertiary/aromatic N) is 8. The minimum atomic E-state index is -2.76. The maximum absolute atomic E-state index is 13.7. The van der Waals surface area contributed by atoms with E-state index in [1.165, 1.54) is 0 Å². The topological polar surface area (TPSA) is 97.7 Å². The van der Waals surface area contributed by atoms with Crippen LogP contribution in [-0.4, -0.2) is 47.5 Å². The number of benzene rings is 1. The van der Waals surface area contributed by atoms with Gasteiger partial charge in [0.1, 0.15) is 29.4 Å². The minimum absolute atomic E-state index is 0.141. The molecule has 4 heterocycles. The molecule has 35 heavy (non-hydrogen) atoms. The Morgan fingerprint density at radius 2 is 1.97 bits per heavy atom. The smallest absolute Gasteiger partial charge is 0.320 e. The molecule has 0 saturated carbocycles. The molecule has 3 aromatic heterocycles. The van der Waals surface area contributed by atoms with Gasteiger partial charge in [-0.05, 0) is 51.0 Å². The van der Waals surface area contributed by atoms with Gasteiger partial charge in [-0.25, -0.2) is 9.67 Å². The zero-order chi connectivity index (χ0) is 24.5. The molecule has 1 saturated heterocycles. The molecule has 1 atom stereocenters. The van der Waals surface area contributed by atoms with Crippen LogP contribution in [0.15, 0.2) is 42.9 Å². The van der Waals surface area contributed by atoms with Gasteiger partial charge in [-0.15, -0.1) is 5.10 Å². The van der Waals surface area contributed by atoms with Crippen molar-refractivity contribution in [3.05, 3.63) is 54.2 Å². The van der Waals surface area contributed by atoms with Crippen LogP contribution in [0.3, 0.4) is 0 Å². The zero-order valence-electron chi connectivity index (χ0n) is 19.3. The summed E-state index contributed by atoms with van der Waals surface area (Å²) in [6.07, 6.45) is 6.08. The second-order valence-electron chi connectivity index (χ2n) is 8.57. The molecule has 4 aromatic rings. The molecule has 1 unspecified atom stereocenters. The van der Waals surface area contributed by atoms with E-state index in [2.05, 4.69) is 26.5 Å². The van der Waals surface area contributed by atoms with Crippen LogP contribution in [0.25, 0.3) is 22.3 Å². The van der Waals surface area contributed by atoms with Crippen LogP contribution >= 0.6 is 0 Å². The Morgan fingerprint density at radius 3 is 2.66 bits per heavy atom. The number of fused-ring (bicyclic) bond motifs is 1. The first-order valence-electron chi connectivity index (χ1n) is 11.4. The summed E-state index contributed by atoms with van der Waals surface area (Å²) in [5.41, 5.74) is 3.44. The molecular weight excluding hydrogens is 454 g/mol. The van der Waals surface area contributed by atoms with Gasteiger partial charge in [0.15, 0.2) is 6.19 Å². The zero-order valence-corrected chi connectivity index (χ0v) is 19.3. The predicted molar refractivity (Wildman–Crippen MR) is 123 cm³/mol. The highest BCUT2D eigenvalue weighted by molar-refractivity contribution is 5.87. The summed E-state index contributed by atoms with van der Waals surface area (Å²) in [4.78, 5) is 10.3. The average Bonchev–Trinajstić information content (AvgIpc) is 3.48. The number of alkyl halides is 2. The van der Waals surface area contributed by atoms with Crippen molar-refractivity contribution in [3.63, 3.8) is 0 Å². The second kappa shape index (κ2) is 9.29. The Hall–Kier alpha value is -4.07. The summed E-state index contributed by atoms with van der Waals surface area (Å²) in [5, 5.41) is 17.9. The molecule has 5 rings (SSSR count). The summed E-state index contributed by atoms with van der Waals surface area (Å²) in [6.45, 7) is 2.34. The number of rotatable bonds is 6. The average molecular weight is 479 g/mol. The van der Waals surface area contributed by atoms with Gasteiger partial charge in [0, 0.05) is 24.8 Å². The van der Waals surface area contributed by atoms with Gasteiger partial charge in [-0.1, -0.05) is 11.3 Å². The summed E-state index contributed by atoms with van der Waals surface area (Å²) in [5.74, 6) is 0.268. The molecule has 180 valence electrons. The van der Waals surface area contributed by atoms with E-state index in [0.29, 0.717) is 35.6 Å². The maximum atomic E-state index is 13.7. The number of hydrogen-bond donors (Lipinski definition) is 0. The molecule has 1 fully saturated rings. The van der Waals surface area contributed by atoms with Crippen molar-refractivity contribution < 1.29 is 13.5 Å². The normalized spacial score (nSPS) is 15.5. The van der Waals surface area contributed by atoms with Crippen molar-refractivity contribution in [2.75, 3.05) is 13.1 Å². The third-order valence-electron chi connectivity index (χ3n) is 6.41. The molecule has 0 spiro atoms. The van der Waals surface area contributed by atoms with Crippen molar-refractivity contribution >= 4 is 11.0 Å². The first kappa shape index (κ1) is 22.7. The first-order chi connectivity index (χ1) is 17.0. The van der Waals surface area contributed by atoms with E-state index in [1.54, 1.807) is 29.3 Å². The monoisotopic (exact) mass is 478 g/mol.